The molecule has 1 N–H and O–H groups in total. The number of hydrogen-bond donors (Lipinski definition) is 1. The number of carbonyl (C=O) groups is 1. The average molecular weight is 515 g/mol. The van der Waals surface area contributed by atoms with Crippen LogP contribution in [0.2, 0.25) is 0 Å². The number of anilines is 1. The number of amides is 1. The molecule has 0 radical (unpaired) electrons. The van der Waals surface area contributed by atoms with Crippen molar-refractivity contribution in [2.75, 3.05) is 11.1 Å². The molecule has 5 nitrogen and oxygen atoms in total. The minimum absolute atomic E-state index is 0.129. The van der Waals surface area contributed by atoms with E-state index in [1.165, 1.54) is 18.2 Å². The number of rotatable bonds is 8. The average Bonchev–Trinajstić information content (AvgIpc) is 3.41. The van der Waals surface area contributed by atoms with Gasteiger partial charge in [-0.3, -0.25) is 9.36 Å². The van der Waals surface area contributed by atoms with Crippen LogP contribution in [0.1, 0.15) is 10.4 Å². The summed E-state index contributed by atoms with van der Waals surface area (Å²) in [6, 6.07) is 14.9. The maximum absolute atomic E-state index is 13.2. The third-order valence-corrected chi connectivity index (χ3v) is 7.02. The van der Waals surface area contributed by atoms with Crippen LogP contribution in [-0.2, 0) is 17.5 Å². The summed E-state index contributed by atoms with van der Waals surface area (Å²) >= 11 is 2.71. The van der Waals surface area contributed by atoms with Crippen molar-refractivity contribution in [3.63, 3.8) is 0 Å². The van der Waals surface area contributed by atoms with E-state index >= 15 is 0 Å². The zero-order chi connectivity index (χ0) is 25.0. The normalized spacial score (nSPS) is 11.4. The Morgan fingerprint density at radius 1 is 1.14 bits per heavy atom. The van der Waals surface area contributed by atoms with Crippen LogP contribution in [-0.4, -0.2) is 26.4 Å². The van der Waals surface area contributed by atoms with Crippen LogP contribution in [0.25, 0.3) is 22.5 Å². The number of thiophene rings is 1. The van der Waals surface area contributed by atoms with Crippen LogP contribution in [0, 0.1) is 6.92 Å². The fourth-order valence-corrected chi connectivity index (χ4v) is 5.24. The Hall–Kier alpha value is -3.37. The molecule has 35 heavy (non-hydrogen) atoms. The Labute approximate surface area is 208 Å². The lowest BCUT2D eigenvalue weighted by Gasteiger charge is -2.13. The first-order chi connectivity index (χ1) is 16.8. The third-order valence-electron chi connectivity index (χ3n) is 5.15. The van der Waals surface area contributed by atoms with Crippen LogP contribution in [0.4, 0.5) is 18.9 Å². The van der Waals surface area contributed by atoms with Gasteiger partial charge < -0.3 is 5.32 Å². The van der Waals surface area contributed by atoms with Crippen molar-refractivity contribution < 1.29 is 18.0 Å². The molecule has 1 amide bonds. The molecule has 0 fully saturated rings. The summed E-state index contributed by atoms with van der Waals surface area (Å²) in [4.78, 5) is 13.6. The zero-order valence-electron chi connectivity index (χ0n) is 18.7. The summed E-state index contributed by atoms with van der Waals surface area (Å²) in [6.45, 7) is 6.27. The van der Waals surface area contributed by atoms with Crippen molar-refractivity contribution in [3.8, 4) is 22.5 Å². The molecule has 180 valence electrons. The largest absolute Gasteiger partial charge is 0.418 e. The van der Waals surface area contributed by atoms with Gasteiger partial charge in [0.1, 0.15) is 0 Å². The fourth-order valence-electron chi connectivity index (χ4n) is 3.63. The van der Waals surface area contributed by atoms with E-state index in [0.29, 0.717) is 17.5 Å². The molecule has 4 aromatic rings. The quantitative estimate of drug-likeness (QED) is 0.205. The zero-order valence-corrected chi connectivity index (χ0v) is 20.3. The number of carbonyl (C=O) groups excluding carboxylic acids is 1. The van der Waals surface area contributed by atoms with Gasteiger partial charge in [0.05, 0.1) is 17.0 Å². The Balaban J connectivity index is 1.57. The van der Waals surface area contributed by atoms with Gasteiger partial charge in [0.25, 0.3) is 0 Å². The number of halogens is 3. The first kappa shape index (κ1) is 24.7. The second kappa shape index (κ2) is 10.5. The van der Waals surface area contributed by atoms with Crippen LogP contribution in [0.15, 0.2) is 77.8 Å². The molecular weight excluding hydrogens is 493 g/mol. The summed E-state index contributed by atoms with van der Waals surface area (Å²) in [7, 11) is 0. The maximum Gasteiger partial charge on any atom is 0.418 e. The fraction of sp³-hybridized carbons (Fsp3) is 0.160. The molecule has 0 aliphatic heterocycles. The number of nitrogens with one attached hydrogen (secondary N) is 1. The standard InChI is InChI=1S/C25H21F3N4OS2/c1-3-13-32-23(18-14-34-16(2)22(18)17-9-5-4-6-10-17)30-31-24(32)35-15-21(33)29-20-12-8-7-11-19(20)25(26,27)28/h3-12,14H,1,13,15H2,2H3,(H,29,33). The van der Waals surface area contributed by atoms with E-state index in [1.807, 2.05) is 47.2 Å². The van der Waals surface area contributed by atoms with Crippen molar-refractivity contribution in [1.29, 1.82) is 0 Å². The van der Waals surface area contributed by atoms with Crippen molar-refractivity contribution in [3.05, 3.63) is 83.1 Å². The predicted octanol–water partition coefficient (Wildman–Crippen LogP) is 6.92. The van der Waals surface area contributed by atoms with Crippen molar-refractivity contribution in [1.82, 2.24) is 14.8 Å². The third kappa shape index (κ3) is 5.49. The van der Waals surface area contributed by atoms with Crippen LogP contribution >= 0.6 is 23.1 Å². The van der Waals surface area contributed by atoms with Gasteiger partial charge in [-0.15, -0.1) is 28.1 Å². The van der Waals surface area contributed by atoms with Gasteiger partial charge in [-0.1, -0.05) is 60.3 Å². The molecule has 0 spiro atoms. The molecule has 0 bridgehead atoms. The number of nitrogens with zero attached hydrogens (tertiary/aromatic N) is 3. The summed E-state index contributed by atoms with van der Waals surface area (Å²) in [5, 5.41) is 13.5. The topological polar surface area (TPSA) is 59.8 Å². The molecular formula is C25H21F3N4OS2. The molecule has 10 heteroatoms. The Bertz CT molecular complexity index is 1350. The molecule has 2 heterocycles. The highest BCUT2D eigenvalue weighted by molar-refractivity contribution is 7.99. The highest BCUT2D eigenvalue weighted by atomic mass is 32.2. The number of aromatic nitrogens is 3. The predicted molar refractivity (Wildman–Crippen MR) is 135 cm³/mol. The van der Waals surface area contributed by atoms with Gasteiger partial charge in [0, 0.05) is 27.9 Å². The monoisotopic (exact) mass is 514 g/mol. The summed E-state index contributed by atoms with van der Waals surface area (Å²) in [5.74, 6) is -0.0634. The minimum atomic E-state index is -4.56. The minimum Gasteiger partial charge on any atom is -0.325 e. The van der Waals surface area contributed by atoms with E-state index < -0.39 is 17.6 Å². The Morgan fingerprint density at radius 2 is 1.86 bits per heavy atom. The van der Waals surface area contributed by atoms with Gasteiger partial charge in [0.2, 0.25) is 5.91 Å². The lowest BCUT2D eigenvalue weighted by atomic mass is 10.0. The highest BCUT2D eigenvalue weighted by Crippen LogP contribution is 2.39. The Morgan fingerprint density at radius 3 is 2.57 bits per heavy atom. The first-order valence-corrected chi connectivity index (χ1v) is 12.4. The molecule has 0 saturated heterocycles. The number of alkyl halides is 3. The van der Waals surface area contributed by atoms with Crippen LogP contribution in [0.5, 0.6) is 0 Å². The van der Waals surface area contributed by atoms with Crippen molar-refractivity contribution in [2.45, 2.75) is 24.8 Å². The van der Waals surface area contributed by atoms with Crippen LogP contribution in [0.3, 0.4) is 0 Å². The summed E-state index contributed by atoms with van der Waals surface area (Å²) < 4.78 is 41.5. The van der Waals surface area contributed by atoms with Gasteiger partial charge in [0.15, 0.2) is 11.0 Å². The molecule has 2 aromatic carbocycles. The van der Waals surface area contributed by atoms with E-state index in [4.69, 9.17) is 0 Å². The number of hydrogen-bond acceptors (Lipinski definition) is 5. The maximum atomic E-state index is 13.2. The molecule has 0 saturated carbocycles. The lowest BCUT2D eigenvalue weighted by Crippen LogP contribution is -2.18. The second-order valence-electron chi connectivity index (χ2n) is 7.53. The molecule has 4 rings (SSSR count). The molecule has 0 aliphatic carbocycles. The molecule has 0 aliphatic rings. The number of thioether (sulfide) groups is 1. The lowest BCUT2D eigenvalue weighted by molar-refractivity contribution is -0.137. The number of allylic oxidation sites excluding steroid dienone is 1. The van der Waals surface area contributed by atoms with E-state index in [1.54, 1.807) is 17.4 Å². The summed E-state index contributed by atoms with van der Waals surface area (Å²) in [6.07, 6.45) is -2.86. The number of benzene rings is 2. The highest BCUT2D eigenvalue weighted by Gasteiger charge is 2.33. The van der Waals surface area contributed by atoms with Gasteiger partial charge in [-0.05, 0) is 24.6 Å². The van der Waals surface area contributed by atoms with Crippen molar-refractivity contribution >= 4 is 34.7 Å². The van der Waals surface area contributed by atoms with E-state index in [-0.39, 0.29) is 11.4 Å². The van der Waals surface area contributed by atoms with Gasteiger partial charge in [-0.25, -0.2) is 0 Å². The van der Waals surface area contributed by atoms with Crippen molar-refractivity contribution in [2.24, 2.45) is 0 Å². The Kier molecular flexibility index (Phi) is 7.42. The van der Waals surface area contributed by atoms with E-state index in [9.17, 15) is 18.0 Å². The smallest absolute Gasteiger partial charge is 0.325 e. The SMILES string of the molecule is C=CCn1c(SCC(=O)Nc2ccccc2C(F)(F)F)nnc1-c1csc(C)c1-c1ccccc1. The molecule has 2 aromatic heterocycles. The first-order valence-electron chi connectivity index (χ1n) is 10.6. The van der Waals surface area contributed by atoms with Gasteiger partial charge >= 0.3 is 6.18 Å². The second-order valence-corrected chi connectivity index (χ2v) is 9.56. The number of aryl methyl sites for hydroxylation is 1. The molecule has 0 unspecified atom stereocenters. The summed E-state index contributed by atoms with van der Waals surface area (Å²) in [5.41, 5.74) is 1.87. The van der Waals surface area contributed by atoms with E-state index in [0.717, 1.165) is 39.4 Å². The molecule has 0 atom stereocenters. The van der Waals surface area contributed by atoms with E-state index in [2.05, 4.69) is 22.1 Å². The van der Waals surface area contributed by atoms with Gasteiger partial charge in [-0.2, -0.15) is 13.2 Å². The number of para-hydroxylation sites is 1. The van der Waals surface area contributed by atoms with Crippen LogP contribution < -0.4 is 5.32 Å².